The van der Waals surface area contributed by atoms with E-state index in [4.69, 9.17) is 9.47 Å². The second-order valence-electron chi connectivity index (χ2n) is 6.94. The van der Waals surface area contributed by atoms with Crippen molar-refractivity contribution in [3.8, 4) is 23.0 Å². The smallest absolute Gasteiger partial charge is 0.151 e. The molecule has 0 amide bonds. The molecular weight excluding hydrogens is 328 g/mol. The number of hydrogen-bond donors (Lipinski definition) is 2. The topological polar surface area (TPSA) is 58.9 Å². The van der Waals surface area contributed by atoms with Crippen LogP contribution in [-0.2, 0) is 10.3 Å². The molecule has 3 aromatic carbocycles. The molecule has 1 atom stereocenters. The highest BCUT2D eigenvalue weighted by molar-refractivity contribution is 5.65. The molecule has 0 bridgehead atoms. The van der Waals surface area contributed by atoms with Gasteiger partial charge in [0.05, 0.1) is 6.61 Å². The second-order valence-corrected chi connectivity index (χ2v) is 6.94. The number of phenolic OH excluding ortho intramolecular Hbond substituents is 2. The number of hydrogen-bond acceptors (Lipinski definition) is 4. The van der Waals surface area contributed by atoms with Gasteiger partial charge in [0, 0.05) is 29.2 Å². The molecule has 3 aromatic rings. The van der Waals surface area contributed by atoms with Crippen LogP contribution in [0.15, 0.2) is 60.7 Å². The summed E-state index contributed by atoms with van der Waals surface area (Å²) in [6.45, 7) is 2.72. The maximum absolute atomic E-state index is 9.94. The van der Waals surface area contributed by atoms with Crippen molar-refractivity contribution in [2.45, 2.75) is 18.4 Å². The van der Waals surface area contributed by atoms with Crippen molar-refractivity contribution in [1.82, 2.24) is 0 Å². The van der Waals surface area contributed by atoms with Crippen LogP contribution in [0.25, 0.3) is 0 Å². The molecule has 0 fully saturated rings. The van der Waals surface area contributed by atoms with Gasteiger partial charge < -0.3 is 19.7 Å². The molecule has 130 valence electrons. The third-order valence-electron chi connectivity index (χ3n) is 5.33. The van der Waals surface area contributed by atoms with E-state index in [-0.39, 0.29) is 17.4 Å². The lowest BCUT2D eigenvalue weighted by molar-refractivity contribution is -0.0136. The van der Waals surface area contributed by atoms with Gasteiger partial charge in [-0.3, -0.25) is 0 Å². The Balaban J connectivity index is 1.89. The summed E-state index contributed by atoms with van der Waals surface area (Å²) in [4.78, 5) is 0. The van der Waals surface area contributed by atoms with Crippen LogP contribution in [0, 0.1) is 0 Å². The van der Waals surface area contributed by atoms with Gasteiger partial charge in [-0.25, -0.2) is 0 Å². The van der Waals surface area contributed by atoms with Crippen molar-refractivity contribution in [1.29, 1.82) is 0 Å². The Kier molecular flexibility index (Phi) is 3.09. The quantitative estimate of drug-likeness (QED) is 0.623. The van der Waals surface area contributed by atoms with E-state index in [0.717, 1.165) is 16.7 Å². The molecule has 4 nitrogen and oxygen atoms in total. The lowest BCUT2D eigenvalue weighted by Crippen LogP contribution is -2.41. The third-order valence-corrected chi connectivity index (χ3v) is 5.33. The van der Waals surface area contributed by atoms with Gasteiger partial charge in [0.15, 0.2) is 5.60 Å². The molecule has 2 N–H and O–H groups in total. The van der Waals surface area contributed by atoms with Crippen molar-refractivity contribution in [2.24, 2.45) is 0 Å². The molecule has 4 heteroatoms. The third kappa shape index (κ3) is 1.93. The minimum absolute atomic E-state index is 0.125. The Morgan fingerprint density at radius 3 is 2.12 bits per heavy atom. The number of benzene rings is 3. The number of rotatable bonds is 0. The van der Waals surface area contributed by atoms with E-state index in [1.165, 1.54) is 5.56 Å². The van der Waals surface area contributed by atoms with Crippen molar-refractivity contribution in [2.75, 3.05) is 6.61 Å². The van der Waals surface area contributed by atoms with Crippen LogP contribution in [0.2, 0.25) is 0 Å². The minimum atomic E-state index is -0.826. The largest absolute Gasteiger partial charge is 0.508 e. The van der Waals surface area contributed by atoms with E-state index in [1.54, 1.807) is 24.3 Å². The molecule has 2 aliphatic rings. The summed E-state index contributed by atoms with van der Waals surface area (Å²) in [5, 5.41) is 19.9. The van der Waals surface area contributed by atoms with Crippen LogP contribution in [0.3, 0.4) is 0 Å². The van der Waals surface area contributed by atoms with Gasteiger partial charge in [0.2, 0.25) is 0 Å². The molecule has 26 heavy (non-hydrogen) atoms. The second kappa shape index (κ2) is 5.26. The lowest BCUT2D eigenvalue weighted by atomic mass is 9.72. The number of phenols is 2. The van der Waals surface area contributed by atoms with Crippen molar-refractivity contribution < 1.29 is 19.7 Å². The first-order chi connectivity index (χ1) is 12.6. The van der Waals surface area contributed by atoms with Gasteiger partial charge in [-0.15, -0.1) is 0 Å². The summed E-state index contributed by atoms with van der Waals surface area (Å²) < 4.78 is 12.5. The average Bonchev–Trinajstić information content (AvgIpc) is 2.64. The maximum atomic E-state index is 9.94. The number of aromatic hydroxyl groups is 2. The Morgan fingerprint density at radius 1 is 0.846 bits per heavy atom. The van der Waals surface area contributed by atoms with Crippen LogP contribution < -0.4 is 4.74 Å². The summed E-state index contributed by atoms with van der Waals surface area (Å²) in [6, 6.07) is 18.5. The summed E-state index contributed by atoms with van der Waals surface area (Å²) in [6.07, 6.45) is 0. The van der Waals surface area contributed by atoms with E-state index in [0.29, 0.717) is 18.1 Å². The van der Waals surface area contributed by atoms with Crippen LogP contribution in [0.5, 0.6) is 23.0 Å². The molecule has 2 aliphatic heterocycles. The van der Waals surface area contributed by atoms with Crippen LogP contribution in [0.1, 0.15) is 35.1 Å². The lowest BCUT2D eigenvalue weighted by Gasteiger charge is -2.45. The summed E-state index contributed by atoms with van der Waals surface area (Å²) in [5.41, 5.74) is 3.19. The normalized spacial score (nSPS) is 19.2. The zero-order valence-corrected chi connectivity index (χ0v) is 14.3. The SMILES string of the molecule is CC1COC2(c3ccc(O)cc3Oc3cc(O)ccc32)c2ccccc21. The standard InChI is InChI=1S/C22H18O4/c1-13-12-25-22(17-5-3-2-4-16(13)17)18-8-6-14(23)10-20(18)26-21-11-15(24)7-9-19(21)22/h2-11,13,23-24H,12H2,1H3. The van der Waals surface area contributed by atoms with Crippen molar-refractivity contribution in [3.05, 3.63) is 82.9 Å². The van der Waals surface area contributed by atoms with Gasteiger partial charge in [-0.2, -0.15) is 0 Å². The van der Waals surface area contributed by atoms with Crippen LogP contribution >= 0.6 is 0 Å². The van der Waals surface area contributed by atoms with E-state index in [2.05, 4.69) is 19.1 Å². The van der Waals surface area contributed by atoms with Gasteiger partial charge in [0.25, 0.3) is 0 Å². The fourth-order valence-corrected chi connectivity index (χ4v) is 4.15. The van der Waals surface area contributed by atoms with Crippen molar-refractivity contribution >= 4 is 0 Å². The Bertz CT molecular complexity index is 973. The summed E-state index contributed by atoms with van der Waals surface area (Å²) in [5.74, 6) is 1.60. The highest BCUT2D eigenvalue weighted by atomic mass is 16.5. The summed E-state index contributed by atoms with van der Waals surface area (Å²) >= 11 is 0. The fraction of sp³-hybridized carbons (Fsp3) is 0.182. The predicted molar refractivity (Wildman–Crippen MR) is 97.0 cm³/mol. The van der Waals surface area contributed by atoms with Gasteiger partial charge in [0.1, 0.15) is 23.0 Å². The average molecular weight is 346 g/mol. The Labute approximate surface area is 151 Å². The highest BCUT2D eigenvalue weighted by Gasteiger charge is 2.49. The molecule has 0 saturated carbocycles. The first-order valence-electron chi connectivity index (χ1n) is 8.68. The van der Waals surface area contributed by atoms with Crippen LogP contribution in [-0.4, -0.2) is 16.8 Å². The molecule has 2 heterocycles. The maximum Gasteiger partial charge on any atom is 0.151 e. The van der Waals surface area contributed by atoms with Gasteiger partial charge >= 0.3 is 0 Å². The van der Waals surface area contributed by atoms with Crippen LogP contribution in [0.4, 0.5) is 0 Å². The monoisotopic (exact) mass is 346 g/mol. The Hall–Kier alpha value is -2.98. The van der Waals surface area contributed by atoms with E-state index in [1.807, 2.05) is 24.3 Å². The first-order valence-corrected chi connectivity index (χ1v) is 8.68. The summed E-state index contributed by atoms with van der Waals surface area (Å²) in [7, 11) is 0. The molecule has 1 unspecified atom stereocenters. The zero-order valence-electron chi connectivity index (χ0n) is 14.3. The van der Waals surface area contributed by atoms with Gasteiger partial charge in [-0.05, 0) is 35.4 Å². The molecule has 0 radical (unpaired) electrons. The van der Waals surface area contributed by atoms with Crippen molar-refractivity contribution in [3.63, 3.8) is 0 Å². The first kappa shape index (κ1) is 15.3. The molecule has 1 spiro atoms. The molecular formula is C22H18O4. The zero-order chi connectivity index (χ0) is 17.9. The molecule has 5 rings (SSSR count). The fourth-order valence-electron chi connectivity index (χ4n) is 4.15. The molecule has 0 saturated heterocycles. The number of ether oxygens (including phenoxy) is 2. The van der Waals surface area contributed by atoms with E-state index < -0.39 is 5.60 Å². The Morgan fingerprint density at radius 2 is 1.46 bits per heavy atom. The number of fused-ring (bicyclic) bond motifs is 6. The van der Waals surface area contributed by atoms with E-state index >= 15 is 0 Å². The highest BCUT2D eigenvalue weighted by Crippen LogP contribution is 2.56. The van der Waals surface area contributed by atoms with Gasteiger partial charge in [-0.1, -0.05) is 31.2 Å². The minimum Gasteiger partial charge on any atom is -0.508 e. The predicted octanol–water partition coefficient (Wildman–Crippen LogP) is 4.63. The van der Waals surface area contributed by atoms with E-state index in [9.17, 15) is 10.2 Å². The molecule has 0 aromatic heterocycles. The molecule has 0 aliphatic carbocycles.